The van der Waals surface area contributed by atoms with Crippen LogP contribution in [0.25, 0.3) is 0 Å². The average molecular weight is 1190 g/mol. The summed E-state index contributed by atoms with van der Waals surface area (Å²) in [6.07, 6.45) is -40.8. The van der Waals surface area contributed by atoms with Crippen LogP contribution >= 0.6 is 0 Å². The monoisotopic (exact) mass is 1190 g/mol. The second-order valence-electron chi connectivity index (χ2n) is 21.1. The first-order valence-electron chi connectivity index (χ1n) is 26.9. The summed E-state index contributed by atoms with van der Waals surface area (Å²) in [5.74, 6) is -5.79. The van der Waals surface area contributed by atoms with Gasteiger partial charge in [-0.2, -0.15) is 0 Å². The number of carbonyl (C=O) groups excluding carboxylic acids is 2. The van der Waals surface area contributed by atoms with Crippen molar-refractivity contribution in [1.29, 1.82) is 0 Å². The van der Waals surface area contributed by atoms with Gasteiger partial charge < -0.3 is 136 Å². The Morgan fingerprint density at radius 3 is 1.47 bits per heavy atom. The molecule has 10 N–H and O–H groups in total. The molecule has 30 nitrogen and oxygen atoms in total. The smallest absolute Gasteiger partial charge is 0.366 e. The quantitative estimate of drug-likeness (QED) is 0.0556. The lowest BCUT2D eigenvalue weighted by Crippen LogP contribution is -2.71. The van der Waals surface area contributed by atoms with Crippen LogP contribution in [-0.4, -0.2) is 282 Å². The fourth-order valence-corrected chi connectivity index (χ4v) is 10.8. The van der Waals surface area contributed by atoms with Crippen molar-refractivity contribution >= 4 is 11.9 Å². The summed E-state index contributed by atoms with van der Waals surface area (Å²) in [6, 6.07) is 17.8. The summed E-state index contributed by atoms with van der Waals surface area (Å²) >= 11 is 0. The van der Waals surface area contributed by atoms with Gasteiger partial charge in [0.1, 0.15) is 122 Å². The number of rotatable bonds is 20. The molecule has 9 rings (SSSR count). The number of aliphatic hydroxyl groups excluding tert-OH is 10. The second-order valence-corrected chi connectivity index (χ2v) is 21.1. The molecule has 0 spiro atoms. The molecule has 7 aliphatic rings. The fourth-order valence-electron chi connectivity index (χ4n) is 10.8. The normalized spacial score (nSPS) is 44.7. The number of aliphatic hydroxyl groups is 10. The summed E-state index contributed by atoms with van der Waals surface area (Å²) in [6.45, 7) is -0.0596. The molecule has 27 atom stereocenters. The molecule has 7 aliphatic heterocycles. The molecular formula is C53H74O30. The fraction of sp³-hybridized carbons (Fsp3) is 0.736. The molecular weight excluding hydrogens is 1120 g/mol. The first-order valence-corrected chi connectivity index (χ1v) is 26.9. The highest BCUT2D eigenvalue weighted by Crippen LogP contribution is 2.41. The Balaban J connectivity index is 0.992. The Hall–Kier alpha value is -3.66. The molecule has 0 bridgehead atoms. The van der Waals surface area contributed by atoms with Gasteiger partial charge in [-0.15, -0.1) is 0 Å². The van der Waals surface area contributed by atoms with E-state index in [1.807, 2.05) is 18.2 Å². The van der Waals surface area contributed by atoms with Gasteiger partial charge in [0, 0.05) is 21.0 Å². The largest absolute Gasteiger partial charge is 0.465 e. The van der Waals surface area contributed by atoms with Gasteiger partial charge in [-0.05, 0) is 11.1 Å². The summed E-state index contributed by atoms with van der Waals surface area (Å²) in [5.41, 5.74) is 1.39. The van der Waals surface area contributed by atoms with Crippen molar-refractivity contribution in [2.24, 2.45) is 0 Å². The zero-order chi connectivity index (χ0) is 59.5. The van der Waals surface area contributed by atoms with Gasteiger partial charge in [-0.3, -0.25) is 0 Å². The standard InChI is InChI=1S/C53H74O30/c1-52(50(64)67-4)72-21-28-40(82-52)42(66-3)36(61)48(77-28)80-44-38(63)49(78-29-22-73-53(2,51(65)68-5)83-41(29)44)79-39-27(19-69-17-23-12-8-6-9-13-23)76-45(37(62)43(39)70-18-24-14-10-7-11-15-24)71-20-26-31(56)33(58)35(60)47(75-26)81-46-34(59)32(57)30(55)25(16-54)74-46/h6-15,25-49,54-63H,16-22H2,1-5H3/t25-,26-,27-,28-,29-,30-,31-,32+,33+,34-,35-,36-,37-,38-,39-,40-,41-,42-,43-,44-,45-,46-,47-,48+,49+,52+,53+/m1/s1. The van der Waals surface area contributed by atoms with Crippen molar-refractivity contribution in [3.05, 3.63) is 71.8 Å². The molecule has 30 heteroatoms. The molecule has 0 unspecified atom stereocenters. The molecule has 2 aromatic rings. The number of hydrogen-bond acceptors (Lipinski definition) is 30. The minimum Gasteiger partial charge on any atom is -0.465 e. The van der Waals surface area contributed by atoms with Gasteiger partial charge in [0.25, 0.3) is 11.6 Å². The third-order valence-electron chi connectivity index (χ3n) is 15.5. The summed E-state index contributed by atoms with van der Waals surface area (Å²) in [4.78, 5) is 25.8. The number of fused-ring (bicyclic) bond motifs is 2. The zero-order valence-corrected chi connectivity index (χ0v) is 45.8. The van der Waals surface area contributed by atoms with E-state index in [0.29, 0.717) is 5.56 Å². The minimum atomic E-state index is -2.08. The van der Waals surface area contributed by atoms with Crippen molar-refractivity contribution in [3.63, 3.8) is 0 Å². The van der Waals surface area contributed by atoms with Crippen LogP contribution in [0.4, 0.5) is 0 Å². The highest BCUT2D eigenvalue weighted by Gasteiger charge is 2.61. The molecule has 0 radical (unpaired) electrons. The van der Waals surface area contributed by atoms with E-state index in [9.17, 15) is 60.7 Å². The van der Waals surface area contributed by atoms with Crippen molar-refractivity contribution in [2.75, 3.05) is 54.4 Å². The van der Waals surface area contributed by atoms with Crippen LogP contribution in [0.1, 0.15) is 25.0 Å². The number of benzene rings is 2. The maximum Gasteiger partial charge on any atom is 0.366 e. The lowest BCUT2D eigenvalue weighted by Gasteiger charge is -2.53. The highest BCUT2D eigenvalue weighted by molar-refractivity contribution is 5.77. The molecule has 0 saturated carbocycles. The molecule has 0 aromatic heterocycles. The minimum absolute atomic E-state index is 0.0249. The van der Waals surface area contributed by atoms with Crippen molar-refractivity contribution < 1.29 is 146 Å². The van der Waals surface area contributed by atoms with E-state index in [1.165, 1.54) is 21.0 Å². The van der Waals surface area contributed by atoms with Crippen LogP contribution in [0, 0.1) is 0 Å². The van der Waals surface area contributed by atoms with Crippen LogP contribution in [0.15, 0.2) is 60.7 Å². The van der Waals surface area contributed by atoms with Crippen molar-refractivity contribution in [1.82, 2.24) is 0 Å². The maximum atomic E-state index is 13.1. The average Bonchev–Trinajstić information content (AvgIpc) is 2.21. The van der Waals surface area contributed by atoms with Gasteiger partial charge in [0.15, 0.2) is 31.5 Å². The Labute approximate surface area is 475 Å². The SMILES string of the molecule is COC(=O)[C@@]1(C)OC[C@H]2O[C@@H](O[C@@H]3[C@@H](O)[C@H](O[C@H]4[C@H](OCc5ccccc5)[C@@H](O)[C@H](OC[C@H]5O[C@H](O[C@H]6O[C@H](CO)[C@@H](O)[C@H](O)[C@H]6O)[C@H](O)[C@@H](O)[C@@H]5O)O[C@@H]4COCc4ccccc4)O[C@@H]4CO[C@](C)(C(=O)OC)O[C@@H]34)[C@H](O)[C@@H](OC)[C@@H]2O1. The van der Waals surface area contributed by atoms with Gasteiger partial charge in [0.05, 0.1) is 60.5 Å². The topological polar surface area (TPSA) is 403 Å². The second kappa shape index (κ2) is 27.6. The van der Waals surface area contributed by atoms with E-state index < -0.39 is 197 Å². The van der Waals surface area contributed by atoms with E-state index in [4.69, 9.17) is 85.3 Å². The van der Waals surface area contributed by atoms with Crippen LogP contribution in [-0.2, 0) is 108 Å². The van der Waals surface area contributed by atoms with Crippen LogP contribution in [0.5, 0.6) is 0 Å². The lowest BCUT2D eigenvalue weighted by molar-refractivity contribution is -0.425. The van der Waals surface area contributed by atoms with Gasteiger partial charge in [0.2, 0.25) is 0 Å². The van der Waals surface area contributed by atoms with Gasteiger partial charge >= 0.3 is 11.9 Å². The highest BCUT2D eigenvalue weighted by atomic mass is 16.8. The van der Waals surface area contributed by atoms with Gasteiger partial charge in [-0.1, -0.05) is 60.7 Å². The third-order valence-corrected chi connectivity index (χ3v) is 15.5. The lowest BCUT2D eigenvalue weighted by atomic mass is 9.94. The van der Waals surface area contributed by atoms with Crippen molar-refractivity contribution in [3.8, 4) is 0 Å². The number of esters is 2. The third kappa shape index (κ3) is 13.7. The molecule has 0 aliphatic carbocycles. The van der Waals surface area contributed by atoms with E-state index in [0.717, 1.165) is 19.8 Å². The van der Waals surface area contributed by atoms with E-state index in [2.05, 4.69) is 0 Å². The number of methoxy groups -OCH3 is 3. The Bertz CT molecular complexity index is 2380. The predicted molar refractivity (Wildman–Crippen MR) is 266 cm³/mol. The Morgan fingerprint density at radius 1 is 0.482 bits per heavy atom. The number of hydrogen-bond donors (Lipinski definition) is 10. The maximum absolute atomic E-state index is 13.1. The van der Waals surface area contributed by atoms with Crippen LogP contribution in [0.2, 0.25) is 0 Å². The van der Waals surface area contributed by atoms with Crippen LogP contribution < -0.4 is 0 Å². The zero-order valence-electron chi connectivity index (χ0n) is 45.8. The van der Waals surface area contributed by atoms with Crippen molar-refractivity contribution in [2.45, 2.75) is 192 Å². The Kier molecular flexibility index (Phi) is 21.2. The first-order chi connectivity index (χ1) is 39.7. The predicted octanol–water partition coefficient (Wildman–Crippen LogP) is -4.92. The molecule has 2 aromatic carbocycles. The molecule has 0 amide bonds. The van der Waals surface area contributed by atoms with E-state index >= 15 is 0 Å². The molecule has 83 heavy (non-hydrogen) atoms. The van der Waals surface area contributed by atoms with Crippen LogP contribution in [0.3, 0.4) is 0 Å². The van der Waals surface area contributed by atoms with E-state index in [1.54, 1.807) is 42.5 Å². The summed E-state index contributed by atoms with van der Waals surface area (Å²) < 4.78 is 107. The molecule has 7 heterocycles. The first kappa shape index (κ1) is 63.8. The summed E-state index contributed by atoms with van der Waals surface area (Å²) in [7, 11) is 3.54. The van der Waals surface area contributed by atoms with Gasteiger partial charge in [-0.25, -0.2) is 9.59 Å². The molecule has 7 saturated heterocycles. The molecule has 7 fully saturated rings. The summed E-state index contributed by atoms with van der Waals surface area (Å²) in [5, 5.41) is 111. The molecule has 466 valence electrons. The number of ether oxygens (including phenoxy) is 18. The van der Waals surface area contributed by atoms with E-state index in [-0.39, 0.29) is 26.4 Å². The Morgan fingerprint density at radius 2 is 0.940 bits per heavy atom. The number of carbonyl (C=O) groups is 2.